The number of aliphatic hydroxyl groups excluding tert-OH is 1. The fourth-order valence-electron chi connectivity index (χ4n) is 4.23. The van der Waals surface area contributed by atoms with E-state index in [-0.39, 0.29) is 24.4 Å². The third-order valence-electron chi connectivity index (χ3n) is 5.47. The highest BCUT2D eigenvalue weighted by atomic mass is 35.5. The standard InChI is InChI=1S/C18H26N2O3.ClH/c1-3-23-17-8-4-13(5-9-17)19-18(22)12-20(2)14-6-7-15(20)11-16(21)10-14;/h4-5,8-9,14-16,21H,3,6-7,10-12H2,1-2H3;1H. The van der Waals surface area contributed by atoms with Gasteiger partial charge in [0.05, 0.1) is 37.5 Å². The monoisotopic (exact) mass is 354 g/mol. The van der Waals surface area contributed by atoms with Crippen molar-refractivity contribution in [1.82, 2.24) is 0 Å². The zero-order chi connectivity index (χ0) is 16.4. The van der Waals surface area contributed by atoms with E-state index in [0.29, 0.717) is 30.9 Å². The maximum absolute atomic E-state index is 12.4. The predicted molar refractivity (Wildman–Crippen MR) is 95.1 cm³/mol. The predicted octanol–water partition coefficient (Wildman–Crippen LogP) is 2.03. The van der Waals surface area contributed by atoms with Gasteiger partial charge >= 0.3 is 0 Å². The van der Waals surface area contributed by atoms with Gasteiger partial charge in [0, 0.05) is 31.6 Å². The minimum atomic E-state index is -0.197. The number of ether oxygens (including phenoxy) is 1. The smallest absolute Gasteiger partial charge is 0.119 e. The van der Waals surface area contributed by atoms with Gasteiger partial charge in [0.2, 0.25) is 0 Å². The Hall–Kier alpha value is -1.30. The second-order valence-electron chi connectivity index (χ2n) is 6.95. The summed E-state index contributed by atoms with van der Waals surface area (Å²) in [7, 11) is 2.15. The van der Waals surface area contributed by atoms with Crippen molar-refractivity contribution in [2.75, 3.05) is 20.2 Å². The van der Waals surface area contributed by atoms with Crippen LogP contribution < -0.4 is 9.84 Å². The Balaban J connectivity index is 0.00000208. The summed E-state index contributed by atoms with van der Waals surface area (Å²) in [5.74, 6) is 0.714. The number of fused-ring (bicyclic) bond motifs is 2. The van der Waals surface area contributed by atoms with Gasteiger partial charge in [-0.2, -0.15) is 0 Å². The summed E-state index contributed by atoms with van der Waals surface area (Å²) in [5.41, 5.74) is 0.675. The lowest BCUT2D eigenvalue weighted by atomic mass is 9.97. The van der Waals surface area contributed by atoms with Crippen LogP contribution in [0.4, 0.5) is 5.69 Å². The number of hydrogen-bond acceptors (Lipinski definition) is 4. The van der Waals surface area contributed by atoms with E-state index in [1.807, 2.05) is 31.2 Å². The molecule has 5 nitrogen and oxygen atoms in total. The maximum atomic E-state index is 12.4. The van der Waals surface area contributed by atoms with Crippen molar-refractivity contribution in [2.45, 2.75) is 50.8 Å². The Bertz CT molecular complexity index is 562. The second kappa shape index (κ2) is 7.72. The zero-order valence-corrected chi connectivity index (χ0v) is 15.2. The number of aliphatic hydroxyl groups is 1. The topological polar surface area (TPSA) is 64.9 Å². The van der Waals surface area contributed by atoms with E-state index in [1.165, 1.54) is 0 Å². The summed E-state index contributed by atoms with van der Waals surface area (Å²) >= 11 is 0. The number of quaternary nitrogens is 1. The molecule has 1 aromatic carbocycles. The molecule has 2 bridgehead atoms. The minimum absolute atomic E-state index is 0. The van der Waals surface area contributed by atoms with Crippen molar-refractivity contribution >= 4 is 24.0 Å². The van der Waals surface area contributed by atoms with Gasteiger partial charge in [0.1, 0.15) is 12.3 Å². The molecule has 0 aliphatic carbocycles. The third kappa shape index (κ3) is 3.85. The van der Waals surface area contributed by atoms with Gasteiger partial charge in [-0.3, -0.25) is 4.99 Å². The van der Waals surface area contributed by atoms with Gasteiger partial charge < -0.3 is 19.4 Å². The lowest BCUT2D eigenvalue weighted by Crippen LogP contribution is -2.61. The van der Waals surface area contributed by atoms with Gasteiger partial charge in [0.25, 0.3) is 0 Å². The van der Waals surface area contributed by atoms with Crippen LogP contribution in [0.1, 0.15) is 32.6 Å². The first-order valence-corrected chi connectivity index (χ1v) is 8.51. The molecule has 2 aliphatic heterocycles. The molecule has 0 saturated carbocycles. The molecule has 0 spiro atoms. The molecule has 0 aromatic heterocycles. The first kappa shape index (κ1) is 19.0. The molecule has 2 aliphatic rings. The van der Waals surface area contributed by atoms with E-state index in [4.69, 9.17) is 4.74 Å². The van der Waals surface area contributed by atoms with Gasteiger partial charge in [-0.15, -0.1) is 12.4 Å². The van der Waals surface area contributed by atoms with Crippen LogP contribution in [0.3, 0.4) is 0 Å². The zero-order valence-electron chi connectivity index (χ0n) is 14.4. The first-order chi connectivity index (χ1) is 11.0. The van der Waals surface area contributed by atoms with E-state index < -0.39 is 0 Å². The van der Waals surface area contributed by atoms with Crippen LogP contribution in [0, 0.1) is 0 Å². The van der Waals surface area contributed by atoms with Gasteiger partial charge in [-0.1, -0.05) is 0 Å². The lowest BCUT2D eigenvalue weighted by Gasteiger charge is -2.47. The van der Waals surface area contributed by atoms with E-state index in [2.05, 4.69) is 12.0 Å². The van der Waals surface area contributed by atoms with Crippen molar-refractivity contribution in [3.63, 3.8) is 0 Å². The largest absolute Gasteiger partial charge is 0.858 e. The van der Waals surface area contributed by atoms with Crippen LogP contribution in [0.25, 0.3) is 0 Å². The number of rotatable bonds is 5. The van der Waals surface area contributed by atoms with E-state index in [0.717, 1.165) is 35.9 Å². The number of nitrogens with zero attached hydrogens (tertiary/aromatic N) is 2. The number of benzene rings is 1. The Morgan fingerprint density at radius 2 is 1.83 bits per heavy atom. The first-order valence-electron chi connectivity index (χ1n) is 8.51. The fourth-order valence-corrected chi connectivity index (χ4v) is 4.23. The molecule has 1 N–H and O–H groups in total. The summed E-state index contributed by atoms with van der Waals surface area (Å²) in [6.45, 7) is 2.99. The molecule has 134 valence electrons. The summed E-state index contributed by atoms with van der Waals surface area (Å²) in [4.78, 5) is 4.24. The SMILES string of the molecule is CCOc1ccc(N=C([O-])C[N+]2(C)C3CCC2CC(O)C3)cc1.Cl. The molecule has 2 heterocycles. The molecule has 0 radical (unpaired) electrons. The Kier molecular flexibility index (Phi) is 6.12. The van der Waals surface area contributed by atoms with Gasteiger partial charge in [0.15, 0.2) is 0 Å². The molecule has 2 saturated heterocycles. The highest BCUT2D eigenvalue weighted by Crippen LogP contribution is 2.41. The number of hydrogen-bond donors (Lipinski definition) is 1. The number of halogens is 1. The average Bonchev–Trinajstić information content (AvgIpc) is 2.69. The normalized spacial score (nSPS) is 32.3. The number of piperidine rings is 1. The molecule has 24 heavy (non-hydrogen) atoms. The van der Waals surface area contributed by atoms with E-state index in [1.54, 1.807) is 0 Å². The summed E-state index contributed by atoms with van der Waals surface area (Å²) in [6, 6.07) is 8.10. The van der Waals surface area contributed by atoms with Crippen LogP contribution >= 0.6 is 12.4 Å². The fraction of sp³-hybridized carbons (Fsp3) is 0.611. The van der Waals surface area contributed by atoms with Crippen molar-refractivity contribution in [2.24, 2.45) is 4.99 Å². The highest BCUT2D eigenvalue weighted by Gasteiger charge is 2.50. The van der Waals surface area contributed by atoms with Gasteiger partial charge in [-0.25, -0.2) is 0 Å². The maximum Gasteiger partial charge on any atom is 0.119 e. The Morgan fingerprint density at radius 3 is 2.38 bits per heavy atom. The van der Waals surface area contributed by atoms with Crippen molar-refractivity contribution in [3.8, 4) is 5.75 Å². The number of aliphatic imine (C=N–C) groups is 1. The van der Waals surface area contributed by atoms with Crippen molar-refractivity contribution in [3.05, 3.63) is 24.3 Å². The molecule has 0 amide bonds. The molecule has 1 aromatic rings. The van der Waals surface area contributed by atoms with Crippen LogP contribution in [0.2, 0.25) is 0 Å². The molecule has 2 atom stereocenters. The Labute approximate surface area is 150 Å². The number of likely N-dealkylation sites (N-methyl/N-ethyl adjacent to an activating group) is 1. The van der Waals surface area contributed by atoms with E-state index in [9.17, 15) is 10.2 Å². The molecular formula is C18H27ClN2O3. The highest BCUT2D eigenvalue weighted by molar-refractivity contribution is 5.85. The van der Waals surface area contributed by atoms with Crippen LogP contribution in [0.5, 0.6) is 5.75 Å². The second-order valence-corrected chi connectivity index (χ2v) is 6.95. The minimum Gasteiger partial charge on any atom is -0.858 e. The van der Waals surface area contributed by atoms with Gasteiger partial charge in [-0.05, 0) is 31.2 Å². The van der Waals surface area contributed by atoms with Crippen LogP contribution in [-0.4, -0.2) is 53.9 Å². The van der Waals surface area contributed by atoms with Crippen LogP contribution in [-0.2, 0) is 0 Å². The van der Waals surface area contributed by atoms with Crippen molar-refractivity contribution < 1.29 is 19.4 Å². The Morgan fingerprint density at radius 1 is 1.25 bits per heavy atom. The molecule has 2 fully saturated rings. The summed E-state index contributed by atoms with van der Waals surface area (Å²) in [5, 5.41) is 22.4. The summed E-state index contributed by atoms with van der Waals surface area (Å²) < 4.78 is 6.14. The molecule has 3 rings (SSSR count). The summed E-state index contributed by atoms with van der Waals surface area (Å²) in [6.07, 6.45) is 3.63. The third-order valence-corrected chi connectivity index (χ3v) is 5.47. The quantitative estimate of drug-likeness (QED) is 0.500. The molecule has 6 heteroatoms. The van der Waals surface area contributed by atoms with Crippen molar-refractivity contribution in [1.29, 1.82) is 0 Å². The van der Waals surface area contributed by atoms with E-state index >= 15 is 0 Å². The average molecular weight is 355 g/mol. The lowest BCUT2D eigenvalue weighted by molar-refractivity contribution is -0.943. The molecule has 2 unspecified atom stereocenters. The van der Waals surface area contributed by atoms with Crippen LogP contribution in [0.15, 0.2) is 29.3 Å². The molecular weight excluding hydrogens is 328 g/mol.